The SMILES string of the molecule is CCN(CC)c1ccc(NC(=O)C2CCN(C(=O)c3ccco3)CC2)cn1. The van der Waals surface area contributed by atoms with E-state index in [9.17, 15) is 9.59 Å². The minimum Gasteiger partial charge on any atom is -0.459 e. The lowest BCUT2D eigenvalue weighted by Crippen LogP contribution is -2.41. The molecule has 3 rings (SSSR count). The topological polar surface area (TPSA) is 78.7 Å². The van der Waals surface area contributed by atoms with Gasteiger partial charge in [-0.25, -0.2) is 4.98 Å². The van der Waals surface area contributed by atoms with E-state index in [0.717, 1.165) is 18.9 Å². The molecule has 0 radical (unpaired) electrons. The molecule has 7 nitrogen and oxygen atoms in total. The van der Waals surface area contributed by atoms with E-state index in [2.05, 4.69) is 29.0 Å². The molecule has 2 aromatic heterocycles. The quantitative estimate of drug-likeness (QED) is 0.846. The van der Waals surface area contributed by atoms with Crippen molar-refractivity contribution in [2.24, 2.45) is 5.92 Å². The maximum atomic E-state index is 12.5. The molecule has 0 atom stereocenters. The number of hydrogen-bond donors (Lipinski definition) is 1. The fourth-order valence-electron chi connectivity index (χ4n) is 3.34. The van der Waals surface area contributed by atoms with Crippen LogP contribution in [-0.4, -0.2) is 47.9 Å². The Morgan fingerprint density at radius 3 is 2.52 bits per heavy atom. The van der Waals surface area contributed by atoms with Crippen molar-refractivity contribution < 1.29 is 14.0 Å². The number of nitrogens with zero attached hydrogens (tertiary/aromatic N) is 3. The summed E-state index contributed by atoms with van der Waals surface area (Å²) >= 11 is 0. The van der Waals surface area contributed by atoms with Crippen molar-refractivity contribution in [2.75, 3.05) is 36.4 Å². The number of nitrogens with one attached hydrogen (secondary N) is 1. The van der Waals surface area contributed by atoms with Crippen molar-refractivity contribution in [3.8, 4) is 0 Å². The number of pyridine rings is 1. The summed E-state index contributed by atoms with van der Waals surface area (Å²) in [5.41, 5.74) is 0.699. The van der Waals surface area contributed by atoms with Gasteiger partial charge in [0.1, 0.15) is 5.82 Å². The van der Waals surface area contributed by atoms with Gasteiger partial charge in [-0.2, -0.15) is 0 Å². The van der Waals surface area contributed by atoms with Crippen LogP contribution in [0.25, 0.3) is 0 Å². The zero-order valence-corrected chi connectivity index (χ0v) is 15.9. The standard InChI is InChI=1S/C20H26N4O3/c1-3-23(4-2)18-8-7-16(14-21-18)22-19(25)15-9-11-24(12-10-15)20(26)17-6-5-13-27-17/h5-8,13-15H,3-4,9-12H2,1-2H3,(H,22,25). The number of anilines is 2. The molecule has 1 saturated heterocycles. The first-order valence-corrected chi connectivity index (χ1v) is 9.47. The molecule has 1 N–H and O–H groups in total. The van der Waals surface area contributed by atoms with Crippen LogP contribution in [-0.2, 0) is 4.79 Å². The van der Waals surface area contributed by atoms with Crippen LogP contribution in [0.5, 0.6) is 0 Å². The average Bonchev–Trinajstić information content (AvgIpc) is 3.24. The number of likely N-dealkylation sites (tertiary alicyclic amines) is 1. The van der Waals surface area contributed by atoms with Gasteiger partial charge in [0, 0.05) is 32.1 Å². The summed E-state index contributed by atoms with van der Waals surface area (Å²) in [5.74, 6) is 1.01. The van der Waals surface area contributed by atoms with Crippen molar-refractivity contribution in [3.05, 3.63) is 42.5 Å². The molecule has 1 aliphatic heterocycles. The number of amides is 2. The van der Waals surface area contributed by atoms with Gasteiger partial charge in [-0.05, 0) is 51.0 Å². The largest absolute Gasteiger partial charge is 0.459 e. The second-order valence-electron chi connectivity index (χ2n) is 6.61. The van der Waals surface area contributed by atoms with Crippen molar-refractivity contribution in [1.29, 1.82) is 0 Å². The van der Waals surface area contributed by atoms with Gasteiger partial charge in [-0.3, -0.25) is 9.59 Å². The smallest absolute Gasteiger partial charge is 0.289 e. The van der Waals surface area contributed by atoms with Crippen LogP contribution < -0.4 is 10.2 Å². The molecule has 3 heterocycles. The molecule has 0 spiro atoms. The van der Waals surface area contributed by atoms with Crippen LogP contribution in [0.3, 0.4) is 0 Å². The second-order valence-corrected chi connectivity index (χ2v) is 6.61. The van der Waals surface area contributed by atoms with E-state index in [4.69, 9.17) is 4.42 Å². The van der Waals surface area contributed by atoms with Gasteiger partial charge in [0.25, 0.3) is 5.91 Å². The molecule has 2 amide bonds. The molecule has 1 fully saturated rings. The van der Waals surface area contributed by atoms with Gasteiger partial charge in [0.15, 0.2) is 5.76 Å². The van der Waals surface area contributed by atoms with Crippen LogP contribution in [0.2, 0.25) is 0 Å². The van der Waals surface area contributed by atoms with Gasteiger partial charge in [-0.1, -0.05) is 0 Å². The number of piperidine rings is 1. The van der Waals surface area contributed by atoms with E-state index < -0.39 is 0 Å². The lowest BCUT2D eigenvalue weighted by atomic mass is 9.95. The number of furan rings is 1. The molecule has 144 valence electrons. The molecule has 0 aromatic carbocycles. The first-order valence-electron chi connectivity index (χ1n) is 9.47. The molecule has 0 bridgehead atoms. The summed E-state index contributed by atoms with van der Waals surface area (Å²) in [6, 6.07) is 7.17. The molecule has 0 saturated carbocycles. The molecular formula is C20H26N4O3. The Labute approximate surface area is 159 Å². The fraction of sp³-hybridized carbons (Fsp3) is 0.450. The maximum absolute atomic E-state index is 12.5. The highest BCUT2D eigenvalue weighted by Crippen LogP contribution is 2.21. The Bertz CT molecular complexity index is 746. The molecule has 7 heteroatoms. The fourth-order valence-corrected chi connectivity index (χ4v) is 3.34. The van der Waals surface area contributed by atoms with Crippen LogP contribution in [0, 0.1) is 5.92 Å². The Morgan fingerprint density at radius 1 is 1.22 bits per heavy atom. The molecule has 27 heavy (non-hydrogen) atoms. The van der Waals surface area contributed by atoms with E-state index in [1.54, 1.807) is 23.2 Å². The second kappa shape index (κ2) is 8.70. The van der Waals surface area contributed by atoms with Crippen LogP contribution in [0.15, 0.2) is 41.1 Å². The van der Waals surface area contributed by atoms with Crippen molar-refractivity contribution in [2.45, 2.75) is 26.7 Å². The number of rotatable bonds is 6. The monoisotopic (exact) mass is 370 g/mol. The van der Waals surface area contributed by atoms with E-state index in [1.165, 1.54) is 6.26 Å². The molecule has 1 aliphatic rings. The minimum absolute atomic E-state index is 0.0162. The highest BCUT2D eigenvalue weighted by atomic mass is 16.3. The van der Waals surface area contributed by atoms with E-state index in [0.29, 0.717) is 37.4 Å². The number of hydrogen-bond acceptors (Lipinski definition) is 5. The Kier molecular flexibility index (Phi) is 6.11. The summed E-state index contributed by atoms with van der Waals surface area (Å²) in [6.45, 7) is 7.07. The average molecular weight is 370 g/mol. The van der Waals surface area contributed by atoms with Gasteiger partial charge >= 0.3 is 0 Å². The Hall–Kier alpha value is -2.83. The van der Waals surface area contributed by atoms with E-state index in [-0.39, 0.29) is 17.7 Å². The summed E-state index contributed by atoms with van der Waals surface area (Å²) < 4.78 is 5.16. The van der Waals surface area contributed by atoms with Crippen molar-refractivity contribution in [3.63, 3.8) is 0 Å². The summed E-state index contributed by atoms with van der Waals surface area (Å²) in [4.78, 5) is 33.1. The maximum Gasteiger partial charge on any atom is 0.289 e. The first kappa shape index (κ1) is 18.9. The predicted molar refractivity (Wildman–Crippen MR) is 104 cm³/mol. The number of carbonyl (C=O) groups excluding carboxylic acids is 2. The van der Waals surface area contributed by atoms with Crippen molar-refractivity contribution in [1.82, 2.24) is 9.88 Å². The summed E-state index contributed by atoms with van der Waals surface area (Å²) in [7, 11) is 0. The predicted octanol–water partition coefficient (Wildman–Crippen LogP) is 3.01. The third-order valence-electron chi connectivity index (χ3n) is 4.99. The Balaban J connectivity index is 1.51. The number of carbonyl (C=O) groups is 2. The van der Waals surface area contributed by atoms with E-state index in [1.807, 2.05) is 12.1 Å². The van der Waals surface area contributed by atoms with Gasteiger partial charge in [-0.15, -0.1) is 0 Å². The number of aromatic nitrogens is 1. The zero-order valence-electron chi connectivity index (χ0n) is 15.9. The summed E-state index contributed by atoms with van der Waals surface area (Å²) in [6.07, 6.45) is 4.47. The highest BCUT2D eigenvalue weighted by molar-refractivity contribution is 5.93. The lowest BCUT2D eigenvalue weighted by molar-refractivity contribution is -0.121. The van der Waals surface area contributed by atoms with Gasteiger partial charge in [0.05, 0.1) is 18.1 Å². The molecule has 0 unspecified atom stereocenters. The van der Waals surface area contributed by atoms with Gasteiger partial charge in [0.2, 0.25) is 5.91 Å². The third-order valence-corrected chi connectivity index (χ3v) is 4.99. The third kappa shape index (κ3) is 4.48. The molecular weight excluding hydrogens is 344 g/mol. The zero-order chi connectivity index (χ0) is 19.2. The van der Waals surface area contributed by atoms with Crippen LogP contribution >= 0.6 is 0 Å². The normalized spacial score (nSPS) is 14.8. The van der Waals surface area contributed by atoms with Crippen molar-refractivity contribution >= 4 is 23.3 Å². The molecule has 0 aliphatic carbocycles. The van der Waals surface area contributed by atoms with Gasteiger partial charge < -0.3 is 19.5 Å². The molecule has 2 aromatic rings. The Morgan fingerprint density at radius 2 is 1.96 bits per heavy atom. The van der Waals surface area contributed by atoms with E-state index >= 15 is 0 Å². The summed E-state index contributed by atoms with van der Waals surface area (Å²) in [5, 5.41) is 2.94. The van der Waals surface area contributed by atoms with Crippen LogP contribution in [0.1, 0.15) is 37.2 Å². The van der Waals surface area contributed by atoms with Crippen LogP contribution in [0.4, 0.5) is 11.5 Å². The first-order chi connectivity index (χ1) is 13.1. The highest BCUT2D eigenvalue weighted by Gasteiger charge is 2.28. The lowest BCUT2D eigenvalue weighted by Gasteiger charge is -2.30. The minimum atomic E-state index is -0.116.